The second-order valence-corrected chi connectivity index (χ2v) is 4.86. The van der Waals surface area contributed by atoms with Gasteiger partial charge in [0.2, 0.25) is 0 Å². The maximum Gasteiger partial charge on any atom is 0.147 e. The summed E-state index contributed by atoms with van der Waals surface area (Å²) in [5.74, 6) is 1.93. The minimum Gasteiger partial charge on any atom is -0.383 e. The van der Waals surface area contributed by atoms with Crippen molar-refractivity contribution in [3.05, 3.63) is 30.4 Å². The Balaban J connectivity index is 1.99. The van der Waals surface area contributed by atoms with Crippen molar-refractivity contribution in [1.29, 1.82) is 0 Å². The Morgan fingerprint density at radius 2 is 2.15 bits per heavy atom. The minimum absolute atomic E-state index is 0.305. The fourth-order valence-electron chi connectivity index (χ4n) is 2.00. The van der Waals surface area contributed by atoms with Gasteiger partial charge in [0.1, 0.15) is 18.0 Å². The third-order valence-corrected chi connectivity index (χ3v) is 3.02. The van der Waals surface area contributed by atoms with Crippen molar-refractivity contribution in [1.82, 2.24) is 29.6 Å². The summed E-state index contributed by atoms with van der Waals surface area (Å²) in [6, 6.07) is 0.305. The quantitative estimate of drug-likeness (QED) is 0.725. The zero-order valence-electron chi connectivity index (χ0n) is 12.3. The lowest BCUT2D eigenvalue weighted by atomic mass is 10.4. The number of nitrogens with zero attached hydrogens (tertiary/aromatic N) is 5. The van der Waals surface area contributed by atoms with Crippen molar-refractivity contribution in [3.63, 3.8) is 0 Å². The van der Waals surface area contributed by atoms with Crippen LogP contribution in [0.5, 0.6) is 0 Å². The molecule has 0 bridgehead atoms. The first-order valence-corrected chi connectivity index (χ1v) is 6.80. The summed E-state index contributed by atoms with van der Waals surface area (Å²) in [6.45, 7) is 7.10. The summed E-state index contributed by atoms with van der Waals surface area (Å²) in [5, 5.41) is 7.55. The molecule has 0 radical (unpaired) electrons. The van der Waals surface area contributed by atoms with Gasteiger partial charge in [-0.15, -0.1) is 0 Å². The summed E-state index contributed by atoms with van der Waals surface area (Å²) >= 11 is 0. The van der Waals surface area contributed by atoms with Gasteiger partial charge < -0.3 is 14.6 Å². The van der Waals surface area contributed by atoms with Gasteiger partial charge in [0.05, 0.1) is 19.7 Å². The SMILES string of the molecule is COCCNCc1nccn1Cc1ncnn1C(C)C. The van der Waals surface area contributed by atoms with Gasteiger partial charge in [-0.05, 0) is 13.8 Å². The average Bonchev–Trinajstić information content (AvgIpc) is 3.05. The van der Waals surface area contributed by atoms with Gasteiger partial charge in [-0.2, -0.15) is 5.10 Å². The fraction of sp³-hybridized carbons (Fsp3) is 0.615. The fourth-order valence-corrected chi connectivity index (χ4v) is 2.00. The molecule has 0 atom stereocenters. The van der Waals surface area contributed by atoms with Crippen LogP contribution in [0.3, 0.4) is 0 Å². The molecule has 1 N–H and O–H groups in total. The molecule has 110 valence electrons. The molecule has 2 heterocycles. The molecular weight excluding hydrogens is 256 g/mol. The van der Waals surface area contributed by atoms with Crippen molar-refractivity contribution in [2.45, 2.75) is 33.0 Å². The average molecular weight is 278 g/mol. The van der Waals surface area contributed by atoms with Gasteiger partial charge in [0.25, 0.3) is 0 Å². The number of ether oxygens (including phenoxy) is 1. The Morgan fingerprint density at radius 1 is 1.30 bits per heavy atom. The summed E-state index contributed by atoms with van der Waals surface area (Å²) < 4.78 is 9.03. The van der Waals surface area contributed by atoms with Crippen molar-refractivity contribution < 1.29 is 4.74 Å². The van der Waals surface area contributed by atoms with Gasteiger partial charge in [-0.1, -0.05) is 0 Å². The Morgan fingerprint density at radius 3 is 2.90 bits per heavy atom. The van der Waals surface area contributed by atoms with E-state index in [0.29, 0.717) is 25.7 Å². The molecule has 20 heavy (non-hydrogen) atoms. The summed E-state index contributed by atoms with van der Waals surface area (Å²) in [5.41, 5.74) is 0. The molecular formula is C13H22N6O. The molecule has 0 saturated heterocycles. The van der Waals surface area contributed by atoms with Crippen LogP contribution in [0.15, 0.2) is 18.7 Å². The number of nitrogens with one attached hydrogen (secondary N) is 1. The van der Waals surface area contributed by atoms with E-state index in [2.05, 4.69) is 38.8 Å². The molecule has 2 aromatic rings. The molecule has 7 nitrogen and oxygen atoms in total. The normalized spacial score (nSPS) is 11.4. The van der Waals surface area contributed by atoms with Gasteiger partial charge in [-0.25, -0.2) is 14.6 Å². The highest BCUT2D eigenvalue weighted by atomic mass is 16.5. The molecule has 0 unspecified atom stereocenters. The number of aromatic nitrogens is 5. The van der Waals surface area contributed by atoms with Crippen LogP contribution in [0, 0.1) is 0 Å². The van der Waals surface area contributed by atoms with Crippen molar-refractivity contribution in [3.8, 4) is 0 Å². The summed E-state index contributed by atoms with van der Waals surface area (Å²) in [7, 11) is 1.70. The van der Waals surface area contributed by atoms with E-state index in [9.17, 15) is 0 Å². The second kappa shape index (κ2) is 7.16. The molecule has 0 spiro atoms. The van der Waals surface area contributed by atoms with E-state index < -0.39 is 0 Å². The van der Waals surface area contributed by atoms with E-state index in [1.54, 1.807) is 13.4 Å². The van der Waals surface area contributed by atoms with Crippen LogP contribution >= 0.6 is 0 Å². The lowest BCUT2D eigenvalue weighted by Crippen LogP contribution is -2.22. The van der Waals surface area contributed by atoms with Crippen LogP contribution in [0.1, 0.15) is 31.5 Å². The van der Waals surface area contributed by atoms with Crippen molar-refractivity contribution in [2.75, 3.05) is 20.3 Å². The van der Waals surface area contributed by atoms with E-state index in [4.69, 9.17) is 4.74 Å². The van der Waals surface area contributed by atoms with Crippen LogP contribution in [0.2, 0.25) is 0 Å². The molecule has 0 amide bonds. The second-order valence-electron chi connectivity index (χ2n) is 4.86. The van der Waals surface area contributed by atoms with Crippen LogP contribution in [-0.4, -0.2) is 44.6 Å². The van der Waals surface area contributed by atoms with E-state index in [-0.39, 0.29) is 0 Å². The van der Waals surface area contributed by atoms with Crippen LogP contribution in [0.4, 0.5) is 0 Å². The first-order valence-electron chi connectivity index (χ1n) is 6.80. The number of methoxy groups -OCH3 is 1. The van der Waals surface area contributed by atoms with Gasteiger partial charge in [0, 0.05) is 32.1 Å². The molecule has 0 aliphatic carbocycles. The van der Waals surface area contributed by atoms with E-state index in [1.807, 2.05) is 17.1 Å². The summed E-state index contributed by atoms with van der Waals surface area (Å²) in [6.07, 6.45) is 5.37. The van der Waals surface area contributed by atoms with Gasteiger partial charge in [0.15, 0.2) is 0 Å². The third-order valence-electron chi connectivity index (χ3n) is 3.02. The van der Waals surface area contributed by atoms with Crippen LogP contribution < -0.4 is 5.32 Å². The lowest BCUT2D eigenvalue weighted by molar-refractivity contribution is 0.199. The minimum atomic E-state index is 0.305. The number of hydrogen-bond donors (Lipinski definition) is 1. The molecule has 0 fully saturated rings. The van der Waals surface area contributed by atoms with Gasteiger partial charge in [-0.3, -0.25) is 0 Å². The van der Waals surface area contributed by atoms with E-state index in [1.165, 1.54) is 0 Å². The Bertz CT molecular complexity index is 518. The maximum atomic E-state index is 5.01. The lowest BCUT2D eigenvalue weighted by Gasteiger charge is -2.12. The molecule has 0 aliphatic heterocycles. The summed E-state index contributed by atoms with van der Waals surface area (Å²) in [4.78, 5) is 8.70. The highest BCUT2D eigenvalue weighted by molar-refractivity contribution is 4.97. The van der Waals surface area contributed by atoms with E-state index >= 15 is 0 Å². The first-order chi connectivity index (χ1) is 9.72. The molecule has 7 heteroatoms. The third kappa shape index (κ3) is 3.64. The predicted molar refractivity (Wildman–Crippen MR) is 75.3 cm³/mol. The Kier molecular flexibility index (Phi) is 5.25. The van der Waals surface area contributed by atoms with Crippen molar-refractivity contribution >= 4 is 0 Å². The largest absolute Gasteiger partial charge is 0.383 e. The van der Waals surface area contributed by atoms with Crippen LogP contribution in [-0.2, 0) is 17.8 Å². The predicted octanol–water partition coefficient (Wildman–Crippen LogP) is 0.840. The zero-order chi connectivity index (χ0) is 14.4. The number of imidazole rings is 1. The zero-order valence-corrected chi connectivity index (χ0v) is 12.3. The van der Waals surface area contributed by atoms with E-state index in [0.717, 1.165) is 18.2 Å². The molecule has 0 aromatic carbocycles. The highest BCUT2D eigenvalue weighted by Gasteiger charge is 2.10. The maximum absolute atomic E-state index is 5.01. The Labute approximate surface area is 119 Å². The molecule has 0 saturated carbocycles. The number of hydrogen-bond acceptors (Lipinski definition) is 5. The Hall–Kier alpha value is -1.73. The first kappa shape index (κ1) is 14.7. The van der Waals surface area contributed by atoms with Crippen LogP contribution in [0.25, 0.3) is 0 Å². The molecule has 2 aromatic heterocycles. The van der Waals surface area contributed by atoms with Gasteiger partial charge >= 0.3 is 0 Å². The highest BCUT2D eigenvalue weighted by Crippen LogP contribution is 2.08. The monoisotopic (exact) mass is 278 g/mol. The molecule has 2 rings (SSSR count). The smallest absolute Gasteiger partial charge is 0.147 e. The standard InChI is InChI=1S/C13H22N6O/c1-11(2)19-13(16-10-17-19)9-18-6-4-15-12(18)8-14-5-7-20-3/h4,6,10-11,14H,5,7-9H2,1-3H3. The molecule has 0 aliphatic rings. The van der Waals surface area contributed by atoms with Crippen molar-refractivity contribution in [2.24, 2.45) is 0 Å². The number of rotatable bonds is 8. The topological polar surface area (TPSA) is 69.8 Å².